The van der Waals surface area contributed by atoms with E-state index in [9.17, 15) is 14.4 Å². The second-order valence-electron chi connectivity index (χ2n) is 6.20. The fourth-order valence-electron chi connectivity index (χ4n) is 2.77. The molecule has 8 heteroatoms. The van der Waals surface area contributed by atoms with Crippen LogP contribution in [-0.2, 0) is 9.59 Å². The Morgan fingerprint density at radius 1 is 1.28 bits per heavy atom. The second kappa shape index (κ2) is 8.82. The predicted molar refractivity (Wildman–Crippen MR) is 95.2 cm³/mol. The maximum atomic E-state index is 12.3. The highest BCUT2D eigenvalue weighted by Crippen LogP contribution is 2.15. The topological polar surface area (TPSA) is 105 Å². The first-order valence-corrected chi connectivity index (χ1v) is 8.61. The first kappa shape index (κ1) is 19.2. The summed E-state index contributed by atoms with van der Waals surface area (Å²) >= 11 is 5.99. The number of piperidine rings is 1. The number of likely N-dealkylation sites (tertiary alicyclic amines) is 1. The molecule has 7 nitrogen and oxygen atoms in total. The molecule has 1 fully saturated rings. The summed E-state index contributed by atoms with van der Waals surface area (Å²) in [7, 11) is 0. The van der Waals surface area contributed by atoms with Crippen LogP contribution in [-0.4, -0.2) is 54.3 Å². The number of rotatable bonds is 6. The van der Waals surface area contributed by atoms with Gasteiger partial charge in [0.1, 0.15) is 6.04 Å². The fourth-order valence-corrected chi connectivity index (χ4v) is 2.99. The average molecular weight is 367 g/mol. The summed E-state index contributed by atoms with van der Waals surface area (Å²) in [6.45, 7) is 3.28. The van der Waals surface area contributed by atoms with Crippen LogP contribution in [0, 0.1) is 0 Å². The number of halogens is 1. The van der Waals surface area contributed by atoms with Gasteiger partial charge in [-0.3, -0.25) is 19.3 Å². The molecule has 0 spiro atoms. The fraction of sp³-hybridized carbons (Fsp3) is 0.471. The molecule has 4 N–H and O–H groups in total. The highest BCUT2D eigenvalue weighted by molar-refractivity contribution is 6.33. The molecule has 1 heterocycles. The molecule has 0 radical (unpaired) electrons. The minimum atomic E-state index is -0.674. The minimum absolute atomic E-state index is 0.0243. The van der Waals surface area contributed by atoms with Crippen molar-refractivity contribution in [2.24, 2.45) is 5.73 Å². The smallest absolute Gasteiger partial charge is 0.253 e. The molecule has 1 atom stereocenters. The third kappa shape index (κ3) is 5.72. The maximum Gasteiger partial charge on any atom is 0.253 e. The summed E-state index contributed by atoms with van der Waals surface area (Å²) < 4.78 is 0. The van der Waals surface area contributed by atoms with Crippen LogP contribution in [0.2, 0.25) is 5.02 Å². The summed E-state index contributed by atoms with van der Waals surface area (Å²) in [6.07, 6.45) is 1.48. The van der Waals surface area contributed by atoms with Crippen LogP contribution >= 0.6 is 11.6 Å². The highest BCUT2D eigenvalue weighted by atomic mass is 35.5. The lowest BCUT2D eigenvalue weighted by Crippen LogP contribution is -2.51. The van der Waals surface area contributed by atoms with Crippen LogP contribution in [0.25, 0.3) is 0 Å². The van der Waals surface area contributed by atoms with Gasteiger partial charge in [-0.05, 0) is 31.9 Å². The Morgan fingerprint density at radius 3 is 2.52 bits per heavy atom. The van der Waals surface area contributed by atoms with Crippen molar-refractivity contribution >= 4 is 29.3 Å². The molecule has 0 aliphatic carbocycles. The van der Waals surface area contributed by atoms with Crippen LogP contribution in [0.1, 0.15) is 30.1 Å². The Balaban J connectivity index is 1.80. The van der Waals surface area contributed by atoms with Gasteiger partial charge in [-0.25, -0.2) is 0 Å². The van der Waals surface area contributed by atoms with Gasteiger partial charge in [-0.2, -0.15) is 0 Å². The average Bonchev–Trinajstić information content (AvgIpc) is 2.56. The third-order valence-electron chi connectivity index (χ3n) is 4.17. The summed E-state index contributed by atoms with van der Waals surface area (Å²) in [5, 5.41) is 5.93. The van der Waals surface area contributed by atoms with Gasteiger partial charge in [-0.15, -0.1) is 0 Å². The van der Waals surface area contributed by atoms with Crippen LogP contribution in [0.3, 0.4) is 0 Å². The molecule has 0 aromatic heterocycles. The number of amides is 3. The molecule has 1 aliphatic heterocycles. The second-order valence-corrected chi connectivity index (χ2v) is 6.61. The molecule has 0 saturated carbocycles. The number of nitrogens with zero attached hydrogens (tertiary/aromatic N) is 1. The Hall–Kier alpha value is -2.12. The first-order valence-electron chi connectivity index (χ1n) is 8.23. The van der Waals surface area contributed by atoms with Gasteiger partial charge in [0.05, 0.1) is 17.1 Å². The van der Waals surface area contributed by atoms with E-state index in [1.165, 1.54) is 0 Å². The number of hydrogen-bond donors (Lipinski definition) is 3. The number of carbonyl (C=O) groups is 3. The molecular formula is C17H23ClN4O3. The molecular weight excluding hydrogens is 344 g/mol. The summed E-state index contributed by atoms with van der Waals surface area (Å²) in [6, 6.07) is 6.03. The van der Waals surface area contributed by atoms with Gasteiger partial charge in [0.2, 0.25) is 11.8 Å². The van der Waals surface area contributed by atoms with Gasteiger partial charge < -0.3 is 16.4 Å². The third-order valence-corrected chi connectivity index (χ3v) is 4.50. The van der Waals surface area contributed by atoms with Crippen molar-refractivity contribution in [2.75, 3.05) is 19.6 Å². The van der Waals surface area contributed by atoms with Crippen LogP contribution in [0.4, 0.5) is 0 Å². The van der Waals surface area contributed by atoms with Crippen LogP contribution in [0.15, 0.2) is 24.3 Å². The predicted octanol–water partition coefficient (Wildman–Crippen LogP) is 0.524. The van der Waals surface area contributed by atoms with Gasteiger partial charge >= 0.3 is 0 Å². The van der Waals surface area contributed by atoms with Gasteiger partial charge in [0, 0.05) is 19.1 Å². The van der Waals surface area contributed by atoms with Crippen molar-refractivity contribution in [1.29, 1.82) is 0 Å². The van der Waals surface area contributed by atoms with Crippen molar-refractivity contribution in [1.82, 2.24) is 15.5 Å². The molecule has 1 aromatic carbocycles. The molecule has 1 aromatic rings. The number of nitrogens with two attached hydrogens (primary N) is 1. The van der Waals surface area contributed by atoms with E-state index in [0.29, 0.717) is 23.7 Å². The molecule has 1 aliphatic rings. The Kier molecular flexibility index (Phi) is 6.78. The molecule has 3 amide bonds. The number of carbonyl (C=O) groups excluding carboxylic acids is 3. The lowest BCUT2D eigenvalue weighted by molar-refractivity contribution is -0.124. The van der Waals surface area contributed by atoms with E-state index in [1.807, 2.05) is 4.90 Å². The van der Waals surface area contributed by atoms with Gasteiger partial charge in [0.25, 0.3) is 5.91 Å². The molecule has 2 rings (SSSR count). The summed E-state index contributed by atoms with van der Waals surface area (Å²) in [5.74, 6) is -0.975. The van der Waals surface area contributed by atoms with E-state index in [4.69, 9.17) is 17.3 Å². The lowest BCUT2D eigenvalue weighted by Gasteiger charge is -2.32. The zero-order chi connectivity index (χ0) is 18.4. The Bertz CT molecular complexity index is 645. The zero-order valence-electron chi connectivity index (χ0n) is 14.1. The highest BCUT2D eigenvalue weighted by Gasteiger charge is 2.24. The van der Waals surface area contributed by atoms with E-state index in [2.05, 4.69) is 10.6 Å². The van der Waals surface area contributed by atoms with E-state index in [0.717, 1.165) is 12.8 Å². The largest absolute Gasteiger partial charge is 0.369 e. The Morgan fingerprint density at radius 2 is 1.92 bits per heavy atom. The van der Waals surface area contributed by atoms with E-state index >= 15 is 0 Å². The number of primary amides is 1. The van der Waals surface area contributed by atoms with Crippen molar-refractivity contribution in [3.63, 3.8) is 0 Å². The monoisotopic (exact) mass is 366 g/mol. The SMILES string of the molecule is CC(NC(=O)c1ccccc1Cl)C(=O)NC1CCN(CC(N)=O)CC1. The first-order chi connectivity index (χ1) is 11.9. The van der Waals surface area contributed by atoms with E-state index in [1.54, 1.807) is 31.2 Å². The van der Waals surface area contributed by atoms with Gasteiger partial charge in [0.15, 0.2) is 0 Å². The quantitative estimate of drug-likeness (QED) is 0.682. The van der Waals surface area contributed by atoms with Crippen LogP contribution in [0.5, 0.6) is 0 Å². The zero-order valence-corrected chi connectivity index (χ0v) is 14.9. The molecule has 136 valence electrons. The molecule has 1 saturated heterocycles. The summed E-state index contributed by atoms with van der Waals surface area (Å²) in [5.41, 5.74) is 5.52. The Labute approximate surface area is 151 Å². The number of nitrogens with one attached hydrogen (secondary N) is 2. The summed E-state index contributed by atoms with van der Waals surface area (Å²) in [4.78, 5) is 37.4. The van der Waals surface area contributed by atoms with Crippen molar-refractivity contribution < 1.29 is 14.4 Å². The lowest BCUT2D eigenvalue weighted by atomic mass is 10.0. The minimum Gasteiger partial charge on any atom is -0.369 e. The van der Waals surface area contributed by atoms with Crippen molar-refractivity contribution in [3.05, 3.63) is 34.9 Å². The molecule has 0 bridgehead atoms. The molecule has 1 unspecified atom stereocenters. The van der Waals surface area contributed by atoms with E-state index < -0.39 is 6.04 Å². The maximum absolute atomic E-state index is 12.3. The van der Waals surface area contributed by atoms with Crippen molar-refractivity contribution in [3.8, 4) is 0 Å². The van der Waals surface area contributed by atoms with E-state index in [-0.39, 0.29) is 30.3 Å². The van der Waals surface area contributed by atoms with Crippen LogP contribution < -0.4 is 16.4 Å². The van der Waals surface area contributed by atoms with Crippen molar-refractivity contribution in [2.45, 2.75) is 31.8 Å². The number of benzene rings is 1. The standard InChI is InChI=1S/C17H23ClN4O3/c1-11(20-17(25)13-4-2-3-5-14(13)18)16(24)21-12-6-8-22(9-7-12)10-15(19)23/h2-5,11-12H,6-10H2,1H3,(H2,19,23)(H,20,25)(H,21,24). The normalized spacial score (nSPS) is 16.9. The van der Waals surface area contributed by atoms with Gasteiger partial charge in [-0.1, -0.05) is 23.7 Å². The number of hydrogen-bond acceptors (Lipinski definition) is 4. The molecule has 25 heavy (non-hydrogen) atoms.